The van der Waals surface area contributed by atoms with Gasteiger partial charge in [0.1, 0.15) is 18.4 Å². The number of benzene rings is 2. The molecule has 2 heterocycles. The zero-order valence-electron chi connectivity index (χ0n) is 32.2. The quantitative estimate of drug-likeness (QED) is 0.141. The third kappa shape index (κ3) is 13.4. The maximum Gasteiger partial charge on any atom is 0.407 e. The standard InChI is InChI=1S/C40H58N6O6S/c1-26(2)32(20-41-39(51)52-24-30-25-53-38(42-30)27(3)4)36(49)43-33(19-28-11-9-8-10-12-28)35(48)23-46-18-17-45(21-29-13-15-31(47)16-14-29)22-34(46)37(50)44-40(5,6)7/h8-16,25-27,32-35,47-48H,17-24H2,1-7H3,(H,41,51)(H,43,49)(H,44,50)/t32-,33-,34-,35+/m1/s1. The van der Waals surface area contributed by atoms with Gasteiger partial charge in [0.05, 0.1) is 28.8 Å². The van der Waals surface area contributed by atoms with Crippen LogP contribution < -0.4 is 16.0 Å². The molecule has 5 N–H and O–H groups in total. The molecule has 1 aromatic heterocycles. The van der Waals surface area contributed by atoms with Gasteiger partial charge >= 0.3 is 6.09 Å². The van der Waals surface area contributed by atoms with Gasteiger partial charge in [-0.2, -0.15) is 0 Å². The highest BCUT2D eigenvalue weighted by molar-refractivity contribution is 7.09. The summed E-state index contributed by atoms with van der Waals surface area (Å²) in [6.07, 6.45) is -1.26. The molecule has 1 saturated heterocycles. The van der Waals surface area contributed by atoms with Crippen molar-refractivity contribution in [1.29, 1.82) is 0 Å². The number of β-amino-alcohol motifs (C(OH)–C–C–N with tert-alkyl or cyclic N) is 1. The number of nitrogens with zero attached hydrogens (tertiary/aromatic N) is 3. The number of thiazole rings is 1. The van der Waals surface area contributed by atoms with E-state index in [0.29, 0.717) is 44.2 Å². The van der Waals surface area contributed by atoms with Crippen LogP contribution in [0.3, 0.4) is 0 Å². The molecule has 13 heteroatoms. The van der Waals surface area contributed by atoms with Crippen molar-refractivity contribution in [3.05, 3.63) is 81.8 Å². The first-order valence-corrected chi connectivity index (χ1v) is 19.4. The number of phenols is 1. The van der Waals surface area contributed by atoms with Gasteiger partial charge in [-0.3, -0.25) is 19.4 Å². The molecule has 0 unspecified atom stereocenters. The van der Waals surface area contributed by atoms with Gasteiger partial charge in [-0.15, -0.1) is 11.3 Å². The van der Waals surface area contributed by atoms with Crippen LogP contribution >= 0.6 is 11.3 Å². The summed E-state index contributed by atoms with van der Waals surface area (Å²) in [5.41, 5.74) is 2.21. The van der Waals surface area contributed by atoms with Crippen LogP contribution in [0.1, 0.15) is 76.2 Å². The van der Waals surface area contributed by atoms with E-state index < -0.39 is 35.7 Å². The first-order chi connectivity index (χ1) is 25.1. The van der Waals surface area contributed by atoms with Crippen LogP contribution in [0.25, 0.3) is 0 Å². The minimum atomic E-state index is -1.01. The highest BCUT2D eigenvalue weighted by Gasteiger charge is 2.37. The molecule has 2 aromatic carbocycles. The Hall–Kier alpha value is -4.04. The van der Waals surface area contributed by atoms with Crippen LogP contribution in [0, 0.1) is 11.8 Å². The lowest BCUT2D eigenvalue weighted by Crippen LogP contribution is -2.63. The number of aliphatic hydroxyl groups is 1. The van der Waals surface area contributed by atoms with Crippen molar-refractivity contribution in [3.63, 3.8) is 0 Å². The summed E-state index contributed by atoms with van der Waals surface area (Å²) in [7, 11) is 0. The van der Waals surface area contributed by atoms with Crippen LogP contribution in [0.4, 0.5) is 4.79 Å². The lowest BCUT2D eigenvalue weighted by atomic mass is 9.93. The predicted octanol–water partition coefficient (Wildman–Crippen LogP) is 4.66. The molecule has 4 atom stereocenters. The first-order valence-electron chi connectivity index (χ1n) is 18.5. The molecule has 12 nitrogen and oxygen atoms in total. The van der Waals surface area contributed by atoms with Crippen molar-refractivity contribution in [3.8, 4) is 5.75 Å². The molecule has 0 radical (unpaired) electrons. The summed E-state index contributed by atoms with van der Waals surface area (Å²) in [4.78, 5) is 48.9. The number of ether oxygens (including phenoxy) is 1. The Kier molecular flexibility index (Phi) is 15.2. The van der Waals surface area contributed by atoms with Crippen molar-refractivity contribution >= 4 is 29.2 Å². The van der Waals surface area contributed by atoms with Crippen LogP contribution in [0.2, 0.25) is 0 Å². The average Bonchev–Trinajstić information content (AvgIpc) is 3.58. The Bertz CT molecular complexity index is 1610. The molecule has 3 aromatic rings. The maximum absolute atomic E-state index is 13.9. The van der Waals surface area contributed by atoms with Crippen molar-refractivity contribution in [2.24, 2.45) is 11.8 Å². The second-order valence-corrected chi connectivity index (χ2v) is 16.6. The molecule has 1 aliphatic heterocycles. The fourth-order valence-electron chi connectivity index (χ4n) is 6.28. The van der Waals surface area contributed by atoms with Gasteiger partial charge in [0.25, 0.3) is 0 Å². The molecule has 1 aliphatic rings. The van der Waals surface area contributed by atoms with Gasteiger partial charge in [-0.1, -0.05) is 70.2 Å². The summed E-state index contributed by atoms with van der Waals surface area (Å²) in [5.74, 6) is -0.635. The topological polar surface area (TPSA) is 156 Å². The van der Waals surface area contributed by atoms with Gasteiger partial charge < -0.3 is 30.9 Å². The number of aliphatic hydroxyl groups excluding tert-OH is 1. The number of aromatic hydroxyl groups is 1. The molecule has 0 saturated carbocycles. The highest BCUT2D eigenvalue weighted by Crippen LogP contribution is 2.21. The summed E-state index contributed by atoms with van der Waals surface area (Å²) >= 11 is 1.53. The summed E-state index contributed by atoms with van der Waals surface area (Å²) in [6.45, 7) is 16.3. The van der Waals surface area contributed by atoms with E-state index in [2.05, 4.69) is 39.7 Å². The van der Waals surface area contributed by atoms with Gasteiger partial charge in [-0.25, -0.2) is 9.78 Å². The van der Waals surface area contributed by atoms with E-state index in [-0.39, 0.29) is 43.2 Å². The molecule has 1 fully saturated rings. The van der Waals surface area contributed by atoms with E-state index in [1.807, 2.05) is 87.4 Å². The Morgan fingerprint density at radius 1 is 1.00 bits per heavy atom. The summed E-state index contributed by atoms with van der Waals surface area (Å²) in [5, 5.41) is 33.4. The van der Waals surface area contributed by atoms with Gasteiger partial charge in [0.15, 0.2) is 0 Å². The predicted molar refractivity (Wildman–Crippen MR) is 207 cm³/mol. The number of hydrogen-bond acceptors (Lipinski definition) is 10. The number of phenolic OH excluding ortho intramolecular Hbond substituents is 1. The maximum atomic E-state index is 13.9. The Morgan fingerprint density at radius 3 is 2.32 bits per heavy atom. The highest BCUT2D eigenvalue weighted by atomic mass is 32.1. The monoisotopic (exact) mass is 750 g/mol. The van der Waals surface area contributed by atoms with Crippen molar-refractivity contribution < 1.29 is 29.3 Å². The fraction of sp³-hybridized carbons (Fsp3) is 0.550. The Labute approximate surface area is 318 Å². The van der Waals surface area contributed by atoms with E-state index in [1.54, 1.807) is 12.1 Å². The lowest BCUT2D eigenvalue weighted by molar-refractivity contribution is -0.132. The zero-order valence-corrected chi connectivity index (χ0v) is 33.0. The van der Waals surface area contributed by atoms with Gasteiger partial charge in [0, 0.05) is 56.1 Å². The third-order valence-corrected chi connectivity index (χ3v) is 10.4. The van der Waals surface area contributed by atoms with Gasteiger partial charge in [0.2, 0.25) is 11.8 Å². The smallest absolute Gasteiger partial charge is 0.407 e. The molecule has 53 heavy (non-hydrogen) atoms. The van der Waals surface area contributed by atoms with E-state index >= 15 is 0 Å². The van der Waals surface area contributed by atoms with Crippen molar-refractivity contribution in [2.45, 2.75) is 97.7 Å². The number of nitrogens with one attached hydrogen (secondary N) is 3. The molecular formula is C40H58N6O6S. The lowest BCUT2D eigenvalue weighted by Gasteiger charge is -2.43. The van der Waals surface area contributed by atoms with Gasteiger partial charge in [-0.05, 0) is 56.4 Å². The van der Waals surface area contributed by atoms with Crippen molar-refractivity contribution in [1.82, 2.24) is 30.7 Å². The number of amides is 3. The number of rotatable bonds is 16. The van der Waals surface area contributed by atoms with E-state index in [9.17, 15) is 24.6 Å². The van der Waals surface area contributed by atoms with E-state index in [0.717, 1.165) is 16.1 Å². The molecule has 290 valence electrons. The summed E-state index contributed by atoms with van der Waals surface area (Å²) < 4.78 is 5.39. The number of carbonyl (C=O) groups is 3. The second-order valence-electron chi connectivity index (χ2n) is 15.7. The molecular weight excluding hydrogens is 693 g/mol. The van der Waals surface area contributed by atoms with Crippen LogP contribution in [-0.4, -0.2) is 99.4 Å². The SMILES string of the molecule is CC(C)c1nc(COC(=O)NC[C@@H](C(=O)N[C@H](Cc2ccccc2)[C@@H](O)CN2CCN(Cc3ccc(O)cc3)C[C@@H]2C(=O)NC(C)(C)C)C(C)C)cs1. The first kappa shape index (κ1) is 41.7. The molecule has 4 rings (SSSR count). The minimum absolute atomic E-state index is 0.0405. The number of aromatic nitrogens is 1. The normalized spacial score (nSPS) is 17.3. The van der Waals surface area contributed by atoms with Crippen LogP contribution in [0.5, 0.6) is 5.75 Å². The molecule has 3 amide bonds. The number of piperazine rings is 1. The number of alkyl carbamates (subject to hydrolysis) is 1. The van der Waals surface area contributed by atoms with E-state index in [1.165, 1.54) is 11.3 Å². The number of hydrogen-bond donors (Lipinski definition) is 5. The fourth-order valence-corrected chi connectivity index (χ4v) is 7.10. The third-order valence-electron chi connectivity index (χ3n) is 9.25. The number of carbonyl (C=O) groups excluding carboxylic acids is 3. The molecule has 0 spiro atoms. The van der Waals surface area contributed by atoms with E-state index in [4.69, 9.17) is 4.74 Å². The minimum Gasteiger partial charge on any atom is -0.508 e. The molecule has 0 bridgehead atoms. The second kappa shape index (κ2) is 19.3. The zero-order chi connectivity index (χ0) is 38.7. The summed E-state index contributed by atoms with van der Waals surface area (Å²) in [6, 6.07) is 15.5. The van der Waals surface area contributed by atoms with Crippen LogP contribution in [-0.2, 0) is 33.9 Å². The largest absolute Gasteiger partial charge is 0.508 e. The average molecular weight is 751 g/mol. The Morgan fingerprint density at radius 2 is 1.70 bits per heavy atom. The Balaban J connectivity index is 1.44. The van der Waals surface area contributed by atoms with Crippen molar-refractivity contribution in [2.75, 3.05) is 32.7 Å². The van der Waals surface area contributed by atoms with Crippen LogP contribution in [0.15, 0.2) is 60.0 Å². The molecule has 0 aliphatic carbocycles.